The van der Waals surface area contributed by atoms with Gasteiger partial charge in [0.1, 0.15) is 12.1 Å². The van der Waals surface area contributed by atoms with E-state index in [0.29, 0.717) is 18.8 Å². The number of hydrogen-bond donors (Lipinski definition) is 2. The number of nitrogens with zero attached hydrogens (tertiary/aromatic N) is 1. The maximum absolute atomic E-state index is 13.1. The first kappa shape index (κ1) is 19.2. The van der Waals surface area contributed by atoms with E-state index in [1.807, 2.05) is 0 Å². The van der Waals surface area contributed by atoms with Gasteiger partial charge < -0.3 is 10.6 Å². The molecule has 4 amide bonds. The first-order valence-electron chi connectivity index (χ1n) is 10.1. The van der Waals surface area contributed by atoms with Crippen molar-refractivity contribution in [2.75, 3.05) is 6.54 Å². The van der Waals surface area contributed by atoms with E-state index in [9.17, 15) is 14.4 Å². The van der Waals surface area contributed by atoms with Crippen LogP contribution in [0.15, 0.2) is 0 Å². The highest BCUT2D eigenvalue weighted by Crippen LogP contribution is 2.46. The lowest BCUT2D eigenvalue weighted by Gasteiger charge is -2.43. The summed E-state index contributed by atoms with van der Waals surface area (Å²) in [6.45, 7) is 6.25. The summed E-state index contributed by atoms with van der Waals surface area (Å²) in [5.41, 5.74) is -0.833. The minimum Gasteiger partial charge on any atom is -0.352 e. The summed E-state index contributed by atoms with van der Waals surface area (Å²) in [4.78, 5) is 39.1. The second-order valence-electron chi connectivity index (χ2n) is 9.51. The minimum atomic E-state index is -0.832. The number of imide groups is 1. The topological polar surface area (TPSA) is 78.5 Å². The Morgan fingerprint density at radius 3 is 2.42 bits per heavy atom. The van der Waals surface area contributed by atoms with E-state index in [1.54, 1.807) is 0 Å². The van der Waals surface area contributed by atoms with Crippen LogP contribution in [0.2, 0.25) is 0 Å². The Labute approximate surface area is 156 Å². The summed E-state index contributed by atoms with van der Waals surface area (Å²) in [7, 11) is 0. The highest BCUT2D eigenvalue weighted by atomic mass is 16.2. The third-order valence-electron chi connectivity index (χ3n) is 6.15. The summed E-state index contributed by atoms with van der Waals surface area (Å²) in [5, 5.41) is 5.96. The average Bonchev–Trinajstić information content (AvgIpc) is 2.72. The number of carbonyl (C=O) groups excluding carboxylic acids is 3. The monoisotopic (exact) mass is 363 g/mol. The van der Waals surface area contributed by atoms with Crippen molar-refractivity contribution in [1.82, 2.24) is 15.5 Å². The van der Waals surface area contributed by atoms with Gasteiger partial charge in [0.2, 0.25) is 5.91 Å². The molecule has 26 heavy (non-hydrogen) atoms. The van der Waals surface area contributed by atoms with Gasteiger partial charge in [0, 0.05) is 6.04 Å². The van der Waals surface area contributed by atoms with Gasteiger partial charge in [-0.1, -0.05) is 46.5 Å². The largest absolute Gasteiger partial charge is 0.352 e. The third-order valence-corrected chi connectivity index (χ3v) is 6.15. The second-order valence-corrected chi connectivity index (χ2v) is 9.51. The van der Waals surface area contributed by atoms with Gasteiger partial charge >= 0.3 is 6.03 Å². The van der Waals surface area contributed by atoms with E-state index in [4.69, 9.17) is 0 Å². The SMILES string of the molecule is C[C@@H]1CC(C)(C)C[C@@]2(C1)NC(=O)N(CC(=O)NC1CCCCCC1)C2=O. The second kappa shape index (κ2) is 7.20. The zero-order valence-corrected chi connectivity index (χ0v) is 16.4. The van der Waals surface area contributed by atoms with E-state index < -0.39 is 11.6 Å². The molecular formula is C20H33N3O3. The predicted molar refractivity (Wildman–Crippen MR) is 99.4 cm³/mol. The van der Waals surface area contributed by atoms with Crippen LogP contribution in [0.3, 0.4) is 0 Å². The van der Waals surface area contributed by atoms with Crippen LogP contribution in [-0.2, 0) is 9.59 Å². The molecule has 1 saturated heterocycles. The molecule has 0 unspecified atom stereocenters. The molecule has 2 atom stereocenters. The van der Waals surface area contributed by atoms with E-state index in [-0.39, 0.29) is 29.8 Å². The van der Waals surface area contributed by atoms with E-state index in [2.05, 4.69) is 31.4 Å². The van der Waals surface area contributed by atoms with Crippen molar-refractivity contribution < 1.29 is 14.4 Å². The van der Waals surface area contributed by atoms with Gasteiger partial charge in [0.05, 0.1) is 0 Å². The Balaban J connectivity index is 1.64. The molecular weight excluding hydrogens is 330 g/mol. The maximum atomic E-state index is 13.1. The highest BCUT2D eigenvalue weighted by Gasteiger charge is 2.56. The third kappa shape index (κ3) is 4.04. The van der Waals surface area contributed by atoms with Crippen LogP contribution in [0.25, 0.3) is 0 Å². The number of carbonyl (C=O) groups is 3. The molecule has 146 valence electrons. The molecule has 0 aromatic heterocycles. The molecule has 0 aromatic carbocycles. The molecule has 2 saturated carbocycles. The van der Waals surface area contributed by atoms with Crippen LogP contribution in [-0.4, -0.2) is 40.9 Å². The number of urea groups is 1. The van der Waals surface area contributed by atoms with Crippen molar-refractivity contribution in [1.29, 1.82) is 0 Å². The van der Waals surface area contributed by atoms with Gasteiger partial charge in [-0.25, -0.2) is 4.79 Å². The molecule has 0 aromatic rings. The fourth-order valence-corrected chi connectivity index (χ4v) is 5.49. The summed E-state index contributed by atoms with van der Waals surface area (Å²) in [6.07, 6.45) is 9.00. The number of rotatable bonds is 3. The normalized spacial score (nSPS) is 32.4. The molecule has 0 bridgehead atoms. The lowest BCUT2D eigenvalue weighted by Crippen LogP contribution is -2.54. The summed E-state index contributed by atoms with van der Waals surface area (Å²) < 4.78 is 0. The maximum Gasteiger partial charge on any atom is 0.325 e. The molecule has 3 rings (SSSR count). The van der Waals surface area contributed by atoms with Gasteiger partial charge in [0.25, 0.3) is 5.91 Å². The molecule has 1 aliphatic heterocycles. The predicted octanol–water partition coefficient (Wildman–Crippen LogP) is 2.96. The standard InChI is InChI=1S/C20H33N3O3/c1-14-10-19(2,3)13-20(11-14)17(25)23(18(26)22-20)12-16(24)21-15-8-6-4-5-7-9-15/h14-15H,4-13H2,1-3H3,(H,21,24)(H,22,26)/t14-,20-/m1/s1. The quantitative estimate of drug-likeness (QED) is 0.598. The Kier molecular flexibility index (Phi) is 5.31. The fourth-order valence-electron chi connectivity index (χ4n) is 5.49. The molecule has 3 fully saturated rings. The zero-order valence-electron chi connectivity index (χ0n) is 16.4. The Hall–Kier alpha value is -1.59. The van der Waals surface area contributed by atoms with E-state index >= 15 is 0 Å². The van der Waals surface area contributed by atoms with Gasteiger partial charge in [-0.2, -0.15) is 0 Å². The van der Waals surface area contributed by atoms with Crippen molar-refractivity contribution in [3.63, 3.8) is 0 Å². The first-order chi connectivity index (χ1) is 12.2. The summed E-state index contributed by atoms with van der Waals surface area (Å²) in [5.74, 6) is -0.0820. The lowest BCUT2D eigenvalue weighted by atomic mass is 9.64. The van der Waals surface area contributed by atoms with E-state index in [0.717, 1.165) is 37.0 Å². The zero-order chi connectivity index (χ0) is 18.9. The molecule has 2 N–H and O–H groups in total. The lowest BCUT2D eigenvalue weighted by molar-refractivity contribution is -0.137. The van der Waals surface area contributed by atoms with Gasteiger partial charge in [-0.15, -0.1) is 0 Å². The Morgan fingerprint density at radius 1 is 1.15 bits per heavy atom. The van der Waals surface area contributed by atoms with Crippen molar-refractivity contribution in [2.24, 2.45) is 11.3 Å². The molecule has 3 aliphatic rings. The van der Waals surface area contributed by atoms with Crippen molar-refractivity contribution in [3.05, 3.63) is 0 Å². The first-order valence-corrected chi connectivity index (χ1v) is 10.1. The van der Waals surface area contributed by atoms with Crippen LogP contribution < -0.4 is 10.6 Å². The summed E-state index contributed by atoms with van der Waals surface area (Å²) in [6, 6.07) is -0.246. The van der Waals surface area contributed by atoms with Gasteiger partial charge in [-0.3, -0.25) is 14.5 Å². The van der Waals surface area contributed by atoms with Crippen molar-refractivity contribution in [2.45, 2.75) is 90.1 Å². The van der Waals surface area contributed by atoms with Crippen LogP contribution in [0, 0.1) is 11.3 Å². The van der Waals surface area contributed by atoms with Gasteiger partial charge in [-0.05, 0) is 43.4 Å². The number of amides is 4. The molecule has 2 aliphatic carbocycles. The highest BCUT2D eigenvalue weighted by molar-refractivity contribution is 6.09. The smallest absolute Gasteiger partial charge is 0.325 e. The molecule has 6 nitrogen and oxygen atoms in total. The fraction of sp³-hybridized carbons (Fsp3) is 0.850. The van der Waals surface area contributed by atoms with Crippen LogP contribution >= 0.6 is 0 Å². The van der Waals surface area contributed by atoms with Crippen molar-refractivity contribution in [3.8, 4) is 0 Å². The van der Waals surface area contributed by atoms with Gasteiger partial charge in [0.15, 0.2) is 0 Å². The van der Waals surface area contributed by atoms with E-state index in [1.165, 1.54) is 12.8 Å². The van der Waals surface area contributed by atoms with Crippen LogP contribution in [0.5, 0.6) is 0 Å². The molecule has 1 heterocycles. The Morgan fingerprint density at radius 2 is 1.81 bits per heavy atom. The number of hydrogen-bond acceptors (Lipinski definition) is 3. The molecule has 6 heteroatoms. The van der Waals surface area contributed by atoms with Crippen molar-refractivity contribution >= 4 is 17.8 Å². The average molecular weight is 364 g/mol. The minimum absolute atomic E-state index is 0.000771. The summed E-state index contributed by atoms with van der Waals surface area (Å²) >= 11 is 0. The molecule has 1 spiro atoms. The van der Waals surface area contributed by atoms with Crippen LogP contribution in [0.1, 0.15) is 78.6 Å². The molecule has 0 radical (unpaired) electrons. The Bertz CT molecular complexity index is 581. The number of nitrogens with one attached hydrogen (secondary N) is 2. The van der Waals surface area contributed by atoms with Crippen LogP contribution in [0.4, 0.5) is 4.79 Å².